The minimum absolute atomic E-state index is 0.0600. The van der Waals surface area contributed by atoms with E-state index in [2.05, 4.69) is 140 Å². The summed E-state index contributed by atoms with van der Waals surface area (Å²) in [6.07, 6.45) is 3.38. The zero-order chi connectivity index (χ0) is 33.1. The van der Waals surface area contributed by atoms with Gasteiger partial charge in [0.1, 0.15) is 34.2 Å². The first-order valence-electron chi connectivity index (χ1n) is 17.6. The maximum absolute atomic E-state index is 7.01. The fourth-order valence-electron chi connectivity index (χ4n) is 8.65. The summed E-state index contributed by atoms with van der Waals surface area (Å²) in [6.45, 7) is 4.21. The fraction of sp³-hybridized carbons (Fsp3) is 0.111. The van der Waals surface area contributed by atoms with Crippen molar-refractivity contribution in [3.63, 3.8) is 0 Å². The molecule has 0 atom stereocenters. The van der Waals surface area contributed by atoms with Gasteiger partial charge in [0.2, 0.25) is 0 Å². The molecule has 7 aromatic carbocycles. The Morgan fingerprint density at radius 2 is 1.36 bits per heavy atom. The molecule has 238 valence electrons. The van der Waals surface area contributed by atoms with Crippen LogP contribution >= 0.6 is 0 Å². The molecule has 0 N–H and O–H groups in total. The molecule has 1 aromatic heterocycles. The third-order valence-corrected chi connectivity index (χ3v) is 11.0. The van der Waals surface area contributed by atoms with Crippen LogP contribution in [-0.4, -0.2) is 6.71 Å². The minimum Gasteiger partial charge on any atom is -0.458 e. The zero-order valence-corrected chi connectivity index (χ0v) is 27.9. The molecule has 0 unspecified atom stereocenters. The highest BCUT2D eigenvalue weighted by molar-refractivity contribution is 6.98. The Balaban J connectivity index is 1.16. The van der Waals surface area contributed by atoms with Crippen molar-refractivity contribution in [2.24, 2.45) is 0 Å². The number of furan rings is 1. The van der Waals surface area contributed by atoms with Crippen molar-refractivity contribution in [3.05, 3.63) is 144 Å². The predicted molar refractivity (Wildman–Crippen MR) is 205 cm³/mol. The van der Waals surface area contributed by atoms with E-state index in [1.807, 2.05) is 0 Å². The van der Waals surface area contributed by atoms with Gasteiger partial charge in [-0.2, -0.15) is 0 Å². The van der Waals surface area contributed by atoms with Crippen LogP contribution in [-0.2, 0) is 12.8 Å². The van der Waals surface area contributed by atoms with Crippen molar-refractivity contribution in [1.82, 2.24) is 0 Å². The highest BCUT2D eigenvalue weighted by atomic mass is 16.5. The predicted octanol–water partition coefficient (Wildman–Crippen LogP) is 10.0. The largest absolute Gasteiger partial charge is 0.458 e. The maximum Gasteiger partial charge on any atom is 0.260 e. The third-order valence-electron chi connectivity index (χ3n) is 11.0. The van der Waals surface area contributed by atoms with Gasteiger partial charge in [0.15, 0.2) is 0 Å². The molecule has 0 amide bonds. The summed E-state index contributed by atoms with van der Waals surface area (Å²) < 4.78 is 20.5. The highest BCUT2D eigenvalue weighted by Gasteiger charge is 2.41. The van der Waals surface area contributed by atoms with E-state index >= 15 is 0 Å². The van der Waals surface area contributed by atoms with E-state index in [-0.39, 0.29) is 6.71 Å². The lowest BCUT2D eigenvalue weighted by Gasteiger charge is -2.35. The molecule has 0 radical (unpaired) electrons. The molecule has 0 saturated heterocycles. The van der Waals surface area contributed by atoms with Gasteiger partial charge in [0, 0.05) is 39.4 Å². The van der Waals surface area contributed by atoms with Gasteiger partial charge in [-0.05, 0) is 96.9 Å². The van der Waals surface area contributed by atoms with E-state index < -0.39 is 0 Å². The van der Waals surface area contributed by atoms with Crippen LogP contribution in [0.15, 0.2) is 126 Å². The van der Waals surface area contributed by atoms with Crippen LogP contribution in [0.1, 0.15) is 28.7 Å². The van der Waals surface area contributed by atoms with Crippen molar-refractivity contribution in [1.29, 1.82) is 0 Å². The smallest absolute Gasteiger partial charge is 0.260 e. The number of hydrogen-bond acceptors (Lipinski definition) is 4. The minimum atomic E-state index is -0.0600. The summed E-state index contributed by atoms with van der Waals surface area (Å²) in [6, 6.07) is 43.7. The first kappa shape index (κ1) is 28.0. The molecule has 0 fully saturated rings. The number of ether oxygens (including phenoxy) is 2. The van der Waals surface area contributed by atoms with E-state index in [1.165, 1.54) is 39.4 Å². The Morgan fingerprint density at radius 1 is 0.580 bits per heavy atom. The molecule has 0 spiro atoms. The Morgan fingerprint density at radius 3 is 2.24 bits per heavy atom. The summed E-state index contributed by atoms with van der Waals surface area (Å²) in [5.41, 5.74) is 13.6. The van der Waals surface area contributed by atoms with E-state index in [4.69, 9.17) is 13.9 Å². The van der Waals surface area contributed by atoms with Crippen LogP contribution in [0.3, 0.4) is 0 Å². The molecule has 8 aromatic rings. The van der Waals surface area contributed by atoms with Crippen LogP contribution < -0.4 is 30.8 Å². The number of hydrogen-bond donors (Lipinski definition) is 0. The molecule has 3 aliphatic rings. The maximum atomic E-state index is 7.01. The molecule has 50 heavy (non-hydrogen) atoms. The van der Waals surface area contributed by atoms with Gasteiger partial charge in [-0.3, -0.25) is 0 Å². The van der Waals surface area contributed by atoms with Crippen LogP contribution in [0.2, 0.25) is 0 Å². The lowest BCUT2D eigenvalue weighted by molar-refractivity contribution is 0.465. The van der Waals surface area contributed by atoms with E-state index in [0.717, 1.165) is 91.2 Å². The van der Waals surface area contributed by atoms with Gasteiger partial charge in [-0.15, -0.1) is 0 Å². The summed E-state index contributed by atoms with van der Waals surface area (Å²) in [4.78, 5) is 2.33. The fourth-order valence-corrected chi connectivity index (χ4v) is 8.65. The third kappa shape index (κ3) is 4.01. The van der Waals surface area contributed by atoms with Crippen molar-refractivity contribution in [2.75, 3.05) is 4.90 Å². The normalized spacial score (nSPS) is 13.8. The standard InChI is InChI=1S/C45H32BNO3/c1-26-13-17-30(18-14-26)47(38-12-6-9-28-7-3-4-10-32(28)38)31-22-42-44-43(23-31)49-41-24-35-34-19-16-29-8-5-11-33(29)45(34)50-40(35)25-37(41)46(44)36-21-27(2)15-20-39(36)48-42/h3-4,6-7,9-10,12-25H,5,8,11H2,1-2H3. The Labute approximate surface area is 290 Å². The molecule has 1 aliphatic carbocycles. The highest BCUT2D eigenvalue weighted by Crippen LogP contribution is 2.45. The quantitative estimate of drug-likeness (QED) is 0.179. The molecule has 2 aliphatic heterocycles. The van der Waals surface area contributed by atoms with Crippen molar-refractivity contribution < 1.29 is 13.9 Å². The number of fused-ring (bicyclic) bond motifs is 10. The van der Waals surface area contributed by atoms with Gasteiger partial charge in [-0.1, -0.05) is 83.9 Å². The first-order valence-corrected chi connectivity index (χ1v) is 17.6. The summed E-state index contributed by atoms with van der Waals surface area (Å²) in [7, 11) is 0. The van der Waals surface area contributed by atoms with Crippen molar-refractivity contribution >= 4 is 72.9 Å². The average Bonchev–Trinajstić information content (AvgIpc) is 3.76. The lowest BCUT2D eigenvalue weighted by Crippen LogP contribution is -2.57. The van der Waals surface area contributed by atoms with Gasteiger partial charge < -0.3 is 18.8 Å². The van der Waals surface area contributed by atoms with E-state index in [1.54, 1.807) is 0 Å². The van der Waals surface area contributed by atoms with Gasteiger partial charge in [0.05, 0.1) is 11.4 Å². The number of anilines is 3. The molecule has 0 saturated carbocycles. The SMILES string of the molecule is Cc1ccc(N(c2cc3c4c(c2)Oc2cc5c(cc2B4c2cc(C)ccc2O3)oc2c3c(ccc25)CCC3)c2cccc3ccccc23)cc1. The summed E-state index contributed by atoms with van der Waals surface area (Å²) >= 11 is 0. The summed E-state index contributed by atoms with van der Waals surface area (Å²) in [5.74, 6) is 3.36. The van der Waals surface area contributed by atoms with Crippen LogP contribution in [0.4, 0.5) is 17.1 Å². The Kier molecular flexibility index (Phi) is 5.75. The molecule has 5 heteroatoms. The molecule has 11 rings (SSSR count). The van der Waals surface area contributed by atoms with Crippen molar-refractivity contribution in [2.45, 2.75) is 33.1 Å². The van der Waals surface area contributed by atoms with Crippen molar-refractivity contribution in [3.8, 4) is 23.0 Å². The average molecular weight is 646 g/mol. The van der Waals surface area contributed by atoms with Gasteiger partial charge in [0.25, 0.3) is 6.71 Å². The van der Waals surface area contributed by atoms with Gasteiger partial charge in [-0.25, -0.2) is 0 Å². The monoisotopic (exact) mass is 645 g/mol. The Bertz CT molecular complexity index is 2720. The van der Waals surface area contributed by atoms with Crippen LogP contribution in [0.25, 0.3) is 32.7 Å². The molecular weight excluding hydrogens is 613 g/mol. The molecule has 3 heterocycles. The van der Waals surface area contributed by atoms with E-state index in [0.29, 0.717) is 0 Å². The van der Waals surface area contributed by atoms with Gasteiger partial charge >= 0.3 is 0 Å². The number of nitrogens with zero attached hydrogens (tertiary/aromatic N) is 1. The molecule has 4 nitrogen and oxygen atoms in total. The number of aryl methyl sites for hydroxylation is 4. The lowest BCUT2D eigenvalue weighted by atomic mass is 9.34. The summed E-state index contributed by atoms with van der Waals surface area (Å²) in [5, 5.41) is 4.63. The second kappa shape index (κ2) is 10.3. The number of rotatable bonds is 3. The van der Waals surface area contributed by atoms with Crippen LogP contribution in [0.5, 0.6) is 23.0 Å². The van der Waals surface area contributed by atoms with E-state index in [9.17, 15) is 0 Å². The van der Waals surface area contributed by atoms with Crippen LogP contribution in [0, 0.1) is 13.8 Å². The molecule has 0 bridgehead atoms. The zero-order valence-electron chi connectivity index (χ0n) is 27.9. The number of benzene rings is 7. The Hall–Kier alpha value is -5.94. The molecular formula is C45H32BNO3. The second-order valence-corrected chi connectivity index (χ2v) is 14.1. The first-order chi connectivity index (χ1) is 24.6. The topological polar surface area (TPSA) is 34.8 Å². The second-order valence-electron chi connectivity index (χ2n) is 14.1.